The first kappa shape index (κ1) is 15.0. The molecular formula is C16H21NO2. The van der Waals surface area contributed by atoms with Crippen LogP contribution in [0.25, 0.3) is 0 Å². The molecule has 0 saturated heterocycles. The van der Waals surface area contributed by atoms with Gasteiger partial charge in [-0.3, -0.25) is 0 Å². The molecule has 3 heteroatoms. The first-order valence-electron chi connectivity index (χ1n) is 6.47. The number of carboxylic acid groups (broad SMARTS) is 1. The summed E-state index contributed by atoms with van der Waals surface area (Å²) in [4.78, 5) is 12.8. The van der Waals surface area contributed by atoms with E-state index in [-0.39, 0.29) is 0 Å². The number of carbonyl (C=O) groups is 1. The van der Waals surface area contributed by atoms with Gasteiger partial charge in [0.15, 0.2) is 0 Å². The molecule has 1 aromatic carbocycles. The fraction of sp³-hybridized carbons (Fsp3) is 0.312. The van der Waals surface area contributed by atoms with Gasteiger partial charge in [0.1, 0.15) is 0 Å². The van der Waals surface area contributed by atoms with E-state index in [4.69, 9.17) is 5.11 Å². The van der Waals surface area contributed by atoms with E-state index >= 15 is 0 Å². The van der Waals surface area contributed by atoms with Crippen molar-refractivity contribution in [2.75, 3.05) is 0 Å². The number of benzene rings is 1. The molecule has 0 amide bonds. The number of nitrogens with zero attached hydrogens (tertiary/aromatic N) is 1. The van der Waals surface area contributed by atoms with E-state index in [0.717, 1.165) is 30.5 Å². The maximum atomic E-state index is 10.8. The minimum atomic E-state index is -0.903. The van der Waals surface area contributed by atoms with Crippen LogP contribution >= 0.6 is 0 Å². The minimum Gasteiger partial charge on any atom is -0.478 e. The van der Waals surface area contributed by atoms with Gasteiger partial charge in [-0.2, -0.15) is 0 Å². The van der Waals surface area contributed by atoms with Crippen LogP contribution in [-0.2, 0) is 6.54 Å². The summed E-state index contributed by atoms with van der Waals surface area (Å²) < 4.78 is 0. The van der Waals surface area contributed by atoms with Crippen molar-refractivity contribution in [1.29, 1.82) is 0 Å². The second kappa shape index (κ2) is 7.41. The lowest BCUT2D eigenvalue weighted by Gasteiger charge is -2.22. The highest BCUT2D eigenvalue weighted by Crippen LogP contribution is 2.16. The highest BCUT2D eigenvalue weighted by Gasteiger charge is 2.06. The lowest BCUT2D eigenvalue weighted by molar-refractivity contribution is 0.0697. The van der Waals surface area contributed by atoms with Crippen molar-refractivity contribution >= 4 is 5.97 Å². The van der Waals surface area contributed by atoms with Crippen LogP contribution in [0, 0.1) is 0 Å². The highest BCUT2D eigenvalue weighted by atomic mass is 16.4. The van der Waals surface area contributed by atoms with Crippen molar-refractivity contribution in [3.8, 4) is 0 Å². The van der Waals surface area contributed by atoms with Crippen LogP contribution < -0.4 is 0 Å². The summed E-state index contributed by atoms with van der Waals surface area (Å²) in [6, 6.07) is 6.89. The number of carboxylic acids is 1. The molecule has 0 saturated carbocycles. The Hall–Kier alpha value is -2.03. The zero-order chi connectivity index (χ0) is 14.3. The summed E-state index contributed by atoms with van der Waals surface area (Å²) in [5, 5.41) is 8.85. The number of unbranched alkanes of at least 4 members (excludes halogenated alkanes) is 1. The van der Waals surface area contributed by atoms with Crippen LogP contribution in [0.3, 0.4) is 0 Å². The number of hydrogen-bond acceptors (Lipinski definition) is 2. The first-order valence-corrected chi connectivity index (χ1v) is 6.47. The van der Waals surface area contributed by atoms with E-state index in [2.05, 4.69) is 20.1 Å². The number of allylic oxidation sites excluding steroid dienone is 1. The summed E-state index contributed by atoms with van der Waals surface area (Å²) in [5.74, 6) is -0.903. The normalized spacial score (nSPS) is 9.95. The Morgan fingerprint density at radius 1 is 1.37 bits per heavy atom. The van der Waals surface area contributed by atoms with Crippen molar-refractivity contribution in [2.24, 2.45) is 0 Å². The molecular weight excluding hydrogens is 238 g/mol. The van der Waals surface area contributed by atoms with Gasteiger partial charge < -0.3 is 10.0 Å². The van der Waals surface area contributed by atoms with Crippen molar-refractivity contribution in [2.45, 2.75) is 32.7 Å². The van der Waals surface area contributed by atoms with Crippen molar-refractivity contribution in [3.63, 3.8) is 0 Å². The van der Waals surface area contributed by atoms with Gasteiger partial charge in [-0.25, -0.2) is 4.79 Å². The van der Waals surface area contributed by atoms with Gasteiger partial charge in [-0.1, -0.05) is 38.6 Å². The second-order valence-electron chi connectivity index (χ2n) is 4.48. The Labute approximate surface area is 114 Å². The fourth-order valence-electron chi connectivity index (χ4n) is 1.78. The van der Waals surface area contributed by atoms with Gasteiger partial charge >= 0.3 is 5.97 Å². The summed E-state index contributed by atoms with van der Waals surface area (Å²) in [6.07, 6.45) is 4.97. The zero-order valence-corrected chi connectivity index (χ0v) is 11.4. The van der Waals surface area contributed by atoms with E-state index in [1.54, 1.807) is 18.3 Å². The summed E-state index contributed by atoms with van der Waals surface area (Å²) in [7, 11) is 0. The molecule has 1 rings (SSSR count). The predicted molar refractivity (Wildman–Crippen MR) is 77.8 cm³/mol. The second-order valence-corrected chi connectivity index (χ2v) is 4.48. The molecule has 1 N–H and O–H groups in total. The summed E-state index contributed by atoms with van der Waals surface area (Å²) >= 11 is 0. The molecule has 0 fully saturated rings. The SMILES string of the molecule is C=CN(Cc1ccc(C(=O)O)cc1)C(=C)CCCC. The molecule has 0 unspecified atom stereocenters. The van der Waals surface area contributed by atoms with Crippen molar-refractivity contribution < 1.29 is 9.90 Å². The summed E-state index contributed by atoms with van der Waals surface area (Å²) in [6.45, 7) is 10.7. The molecule has 0 aliphatic heterocycles. The number of aromatic carboxylic acids is 1. The Morgan fingerprint density at radius 2 is 2.00 bits per heavy atom. The largest absolute Gasteiger partial charge is 0.478 e. The predicted octanol–water partition coefficient (Wildman–Crippen LogP) is 4.03. The van der Waals surface area contributed by atoms with E-state index in [1.807, 2.05) is 17.0 Å². The van der Waals surface area contributed by atoms with Crippen molar-refractivity contribution in [1.82, 2.24) is 4.90 Å². The Balaban J connectivity index is 2.67. The number of rotatable bonds is 8. The van der Waals surface area contributed by atoms with Crippen LogP contribution in [0.2, 0.25) is 0 Å². The number of hydrogen-bond donors (Lipinski definition) is 1. The Morgan fingerprint density at radius 3 is 2.47 bits per heavy atom. The zero-order valence-electron chi connectivity index (χ0n) is 11.4. The molecule has 0 aliphatic carbocycles. The van der Waals surface area contributed by atoms with Crippen LogP contribution in [0.4, 0.5) is 0 Å². The molecule has 0 atom stereocenters. The fourth-order valence-corrected chi connectivity index (χ4v) is 1.78. The van der Waals surface area contributed by atoms with Gasteiger partial charge in [0.2, 0.25) is 0 Å². The molecule has 0 aromatic heterocycles. The average Bonchev–Trinajstić information content (AvgIpc) is 2.42. The maximum Gasteiger partial charge on any atom is 0.335 e. The monoisotopic (exact) mass is 259 g/mol. The highest BCUT2D eigenvalue weighted by molar-refractivity contribution is 5.87. The quantitative estimate of drug-likeness (QED) is 0.766. The summed E-state index contributed by atoms with van der Waals surface area (Å²) in [5.41, 5.74) is 2.39. The third-order valence-corrected chi connectivity index (χ3v) is 3.00. The Kier molecular flexibility index (Phi) is 5.86. The molecule has 3 nitrogen and oxygen atoms in total. The van der Waals surface area contributed by atoms with Crippen LogP contribution in [0.1, 0.15) is 42.1 Å². The Bertz CT molecular complexity index is 448. The van der Waals surface area contributed by atoms with E-state index < -0.39 is 5.97 Å². The average molecular weight is 259 g/mol. The third-order valence-electron chi connectivity index (χ3n) is 3.00. The molecule has 0 spiro atoms. The molecule has 1 aromatic rings. The topological polar surface area (TPSA) is 40.5 Å². The van der Waals surface area contributed by atoms with Gasteiger partial charge in [-0.15, -0.1) is 0 Å². The molecule has 102 valence electrons. The van der Waals surface area contributed by atoms with Crippen molar-refractivity contribution in [3.05, 3.63) is 60.4 Å². The van der Waals surface area contributed by atoms with E-state index in [9.17, 15) is 4.79 Å². The lowest BCUT2D eigenvalue weighted by Crippen LogP contribution is -2.15. The standard InChI is InChI=1S/C16H21NO2/c1-4-6-7-13(3)17(5-2)12-14-8-10-15(11-9-14)16(18)19/h5,8-11H,2-4,6-7,12H2,1H3,(H,18,19). The smallest absolute Gasteiger partial charge is 0.335 e. The van der Waals surface area contributed by atoms with Gasteiger partial charge in [0.05, 0.1) is 5.56 Å². The molecule has 0 heterocycles. The van der Waals surface area contributed by atoms with Crippen LogP contribution in [0.5, 0.6) is 0 Å². The molecule has 0 radical (unpaired) electrons. The first-order chi connectivity index (χ1) is 9.08. The van der Waals surface area contributed by atoms with E-state index in [1.165, 1.54) is 0 Å². The van der Waals surface area contributed by atoms with Gasteiger partial charge in [0, 0.05) is 12.2 Å². The molecule has 0 bridgehead atoms. The van der Waals surface area contributed by atoms with Crippen LogP contribution in [0.15, 0.2) is 49.3 Å². The molecule has 0 aliphatic rings. The molecule has 19 heavy (non-hydrogen) atoms. The minimum absolute atomic E-state index is 0.304. The lowest BCUT2D eigenvalue weighted by atomic mass is 10.1. The van der Waals surface area contributed by atoms with Gasteiger partial charge in [0.25, 0.3) is 0 Å². The van der Waals surface area contributed by atoms with Gasteiger partial charge in [-0.05, 0) is 36.7 Å². The third kappa shape index (κ3) is 4.62. The van der Waals surface area contributed by atoms with E-state index in [0.29, 0.717) is 12.1 Å². The van der Waals surface area contributed by atoms with Crippen LogP contribution in [-0.4, -0.2) is 16.0 Å². The maximum absolute atomic E-state index is 10.8.